The molecule has 0 saturated heterocycles. The Morgan fingerprint density at radius 2 is 1.51 bits per heavy atom. The molecule has 0 radical (unpaired) electrons. The van der Waals surface area contributed by atoms with Crippen LogP contribution in [0.25, 0.3) is 10.8 Å². The van der Waals surface area contributed by atoms with Crippen molar-refractivity contribution in [3.05, 3.63) is 78.4 Å². The van der Waals surface area contributed by atoms with Gasteiger partial charge in [0.2, 0.25) is 0 Å². The van der Waals surface area contributed by atoms with Crippen molar-refractivity contribution in [2.24, 2.45) is 15.3 Å². The van der Waals surface area contributed by atoms with Crippen molar-refractivity contribution in [1.29, 1.82) is 0 Å². The summed E-state index contributed by atoms with van der Waals surface area (Å²) in [5.41, 5.74) is 1.23. The first-order valence-electron chi connectivity index (χ1n) is 11.2. The van der Waals surface area contributed by atoms with Gasteiger partial charge in [0.25, 0.3) is 20.2 Å². The van der Waals surface area contributed by atoms with Crippen LogP contribution in [0.2, 0.25) is 0 Å². The quantitative estimate of drug-likeness (QED) is 0.0975. The van der Waals surface area contributed by atoms with Crippen molar-refractivity contribution in [1.82, 2.24) is 0 Å². The molecule has 0 aliphatic heterocycles. The second kappa shape index (κ2) is 10.8. The van der Waals surface area contributed by atoms with Gasteiger partial charge in [0.15, 0.2) is 5.75 Å². The summed E-state index contributed by atoms with van der Waals surface area (Å²) >= 11 is 0. The Morgan fingerprint density at radius 1 is 0.846 bits per heavy atom. The summed E-state index contributed by atoms with van der Waals surface area (Å²) in [6, 6.07) is 18.4. The number of fused-ring (bicyclic) bond motifs is 1. The lowest BCUT2D eigenvalue weighted by atomic mass is 10.1. The highest BCUT2D eigenvalue weighted by Gasteiger charge is 2.25. The van der Waals surface area contributed by atoms with E-state index in [9.17, 15) is 36.2 Å². The Kier molecular flexibility index (Phi) is 7.65. The van der Waals surface area contributed by atoms with Crippen molar-refractivity contribution in [3.8, 4) is 11.5 Å². The molecule has 0 heterocycles. The third kappa shape index (κ3) is 6.21. The maximum absolute atomic E-state index is 12.0. The van der Waals surface area contributed by atoms with E-state index >= 15 is 0 Å². The van der Waals surface area contributed by atoms with E-state index in [2.05, 4.69) is 15.3 Å². The van der Waals surface area contributed by atoms with Crippen LogP contribution >= 0.6 is 0 Å². The van der Waals surface area contributed by atoms with E-state index in [1.807, 2.05) is 37.3 Å². The zero-order valence-corrected chi connectivity index (χ0v) is 21.9. The van der Waals surface area contributed by atoms with E-state index in [1.54, 1.807) is 35.5 Å². The second-order valence-corrected chi connectivity index (χ2v) is 11.0. The zero-order valence-electron chi connectivity index (χ0n) is 20.2. The number of hydrazone groups is 1. The highest BCUT2D eigenvalue weighted by Crippen LogP contribution is 2.45. The molecule has 4 rings (SSSR count). The number of azo groups is 1. The summed E-state index contributed by atoms with van der Waals surface area (Å²) in [6.07, 6.45) is 1.65. The van der Waals surface area contributed by atoms with Crippen LogP contribution < -0.4 is 5.01 Å². The molecule has 4 N–H and O–H groups in total. The fourth-order valence-electron chi connectivity index (χ4n) is 3.68. The number of para-hydroxylation sites is 1. The molecular formula is C25H22N4O8S2. The topological polar surface area (TPSA) is 190 Å². The molecule has 0 saturated carbocycles. The summed E-state index contributed by atoms with van der Waals surface area (Å²) in [5.74, 6) is -1.66. The average Bonchev–Trinajstić information content (AvgIpc) is 2.88. The number of hydrogen-bond acceptors (Lipinski definition) is 10. The van der Waals surface area contributed by atoms with E-state index in [0.717, 1.165) is 23.4 Å². The molecule has 4 aromatic rings. The SMILES string of the molecule is CCN(/N=C\c1ccc(N=Nc2c(S(=O)(=O)O)cc3cc(S(=O)(=O)O)cc(O)c3c2O)cc1)c1ccccc1. The van der Waals surface area contributed by atoms with Crippen molar-refractivity contribution < 1.29 is 36.2 Å². The molecule has 0 amide bonds. The molecule has 0 unspecified atom stereocenters. The Balaban J connectivity index is 1.68. The molecule has 14 heteroatoms. The van der Waals surface area contributed by atoms with Crippen LogP contribution in [-0.4, -0.2) is 48.9 Å². The number of hydrogen-bond donors (Lipinski definition) is 4. The van der Waals surface area contributed by atoms with Crippen LogP contribution in [0, 0.1) is 0 Å². The number of rotatable bonds is 8. The van der Waals surface area contributed by atoms with E-state index in [1.165, 1.54) is 0 Å². The maximum Gasteiger partial charge on any atom is 0.296 e. The number of phenolic OH excluding ortho intramolecular Hbond substituents is 2. The largest absolute Gasteiger partial charge is 0.507 e. The lowest BCUT2D eigenvalue weighted by Gasteiger charge is -2.16. The van der Waals surface area contributed by atoms with Crippen LogP contribution in [0.1, 0.15) is 12.5 Å². The predicted molar refractivity (Wildman–Crippen MR) is 145 cm³/mol. The van der Waals surface area contributed by atoms with Gasteiger partial charge in [-0.25, -0.2) is 0 Å². The Bertz CT molecular complexity index is 1810. The van der Waals surface area contributed by atoms with Gasteiger partial charge >= 0.3 is 0 Å². The van der Waals surface area contributed by atoms with Gasteiger partial charge in [0.1, 0.15) is 16.3 Å². The monoisotopic (exact) mass is 570 g/mol. The van der Waals surface area contributed by atoms with Gasteiger partial charge in [-0.05, 0) is 54.3 Å². The van der Waals surface area contributed by atoms with Crippen molar-refractivity contribution in [2.75, 3.05) is 11.6 Å². The zero-order chi connectivity index (χ0) is 28.4. The minimum Gasteiger partial charge on any atom is -0.507 e. The Labute approximate surface area is 223 Å². The fraction of sp³-hybridized carbons (Fsp3) is 0.0800. The van der Waals surface area contributed by atoms with Gasteiger partial charge in [-0.1, -0.05) is 30.3 Å². The summed E-state index contributed by atoms with van der Waals surface area (Å²) in [5, 5.41) is 34.3. The van der Waals surface area contributed by atoms with E-state index in [4.69, 9.17) is 0 Å². The highest BCUT2D eigenvalue weighted by molar-refractivity contribution is 7.86. The molecule has 202 valence electrons. The average molecular weight is 571 g/mol. The Morgan fingerprint density at radius 3 is 2.10 bits per heavy atom. The molecule has 0 aliphatic rings. The number of benzene rings is 4. The third-order valence-electron chi connectivity index (χ3n) is 5.54. The minimum atomic E-state index is -4.99. The van der Waals surface area contributed by atoms with Crippen molar-refractivity contribution in [3.63, 3.8) is 0 Å². The van der Waals surface area contributed by atoms with Crippen LogP contribution in [0.15, 0.2) is 97.9 Å². The molecule has 39 heavy (non-hydrogen) atoms. The molecule has 0 atom stereocenters. The summed E-state index contributed by atoms with van der Waals surface area (Å²) in [6.45, 7) is 2.61. The molecule has 12 nitrogen and oxygen atoms in total. The van der Waals surface area contributed by atoms with Gasteiger partial charge in [-0.3, -0.25) is 14.1 Å². The van der Waals surface area contributed by atoms with Gasteiger partial charge in [-0.15, -0.1) is 5.11 Å². The molecule has 0 aliphatic carbocycles. The first-order valence-corrected chi connectivity index (χ1v) is 14.1. The van der Waals surface area contributed by atoms with Gasteiger partial charge in [-0.2, -0.15) is 27.1 Å². The number of phenols is 2. The summed E-state index contributed by atoms with van der Waals surface area (Å²) in [7, 11) is -9.76. The van der Waals surface area contributed by atoms with Crippen LogP contribution in [-0.2, 0) is 20.2 Å². The summed E-state index contributed by atoms with van der Waals surface area (Å²) in [4.78, 5) is -1.65. The lowest BCUT2D eigenvalue weighted by molar-refractivity contribution is 0.457. The predicted octanol–water partition coefficient (Wildman–Crippen LogP) is 5.02. The first kappa shape index (κ1) is 27.7. The minimum absolute atomic E-state index is 0.259. The molecule has 4 aromatic carbocycles. The number of anilines is 1. The number of aromatic hydroxyl groups is 2. The molecule has 0 bridgehead atoms. The van der Waals surface area contributed by atoms with Crippen LogP contribution in [0.5, 0.6) is 11.5 Å². The Hall–Kier alpha value is -4.37. The van der Waals surface area contributed by atoms with Crippen LogP contribution in [0.3, 0.4) is 0 Å². The molecule has 0 aromatic heterocycles. The summed E-state index contributed by atoms with van der Waals surface area (Å²) < 4.78 is 66.0. The number of nitrogens with zero attached hydrogens (tertiary/aromatic N) is 4. The van der Waals surface area contributed by atoms with E-state index in [0.29, 0.717) is 12.6 Å². The van der Waals surface area contributed by atoms with Gasteiger partial charge in [0, 0.05) is 12.6 Å². The fourth-order valence-corrected chi connectivity index (χ4v) is 4.88. The lowest BCUT2D eigenvalue weighted by Crippen LogP contribution is -2.15. The molecular weight excluding hydrogens is 548 g/mol. The van der Waals surface area contributed by atoms with Gasteiger partial charge < -0.3 is 10.2 Å². The van der Waals surface area contributed by atoms with E-state index < -0.39 is 47.2 Å². The van der Waals surface area contributed by atoms with Crippen molar-refractivity contribution in [2.45, 2.75) is 16.7 Å². The second-order valence-electron chi connectivity index (χ2n) is 8.15. The normalized spacial score (nSPS) is 12.5. The van der Waals surface area contributed by atoms with Gasteiger partial charge in [0.05, 0.1) is 27.9 Å². The maximum atomic E-state index is 12.0. The molecule has 0 fully saturated rings. The third-order valence-corrected chi connectivity index (χ3v) is 7.24. The first-order chi connectivity index (χ1) is 18.4. The molecule has 0 spiro atoms. The smallest absolute Gasteiger partial charge is 0.296 e. The standard InChI is InChI=1S/C25H22N4O8S2/c1-2-29(19-6-4-3-5-7-19)26-15-16-8-10-18(11-9-16)27-28-24-22(39(35,36)37)13-17-12-20(38(32,33)34)14-21(30)23(17)25(24)31/h3-15,30-31H,2H2,1H3,(H,32,33,34)(H,35,36,37)/b26-15-,28-27?. The van der Waals surface area contributed by atoms with E-state index in [-0.39, 0.29) is 16.5 Å². The van der Waals surface area contributed by atoms with Crippen molar-refractivity contribution >= 4 is 54.3 Å². The van der Waals surface area contributed by atoms with Crippen LogP contribution in [0.4, 0.5) is 17.1 Å². The highest BCUT2D eigenvalue weighted by atomic mass is 32.2.